The fraction of sp³-hybridized carbons (Fsp3) is 0.0161. The average Bonchev–Trinajstić information content (AvgIpc) is 3.72. The highest BCUT2D eigenvalue weighted by molar-refractivity contribution is 5.89. The lowest BCUT2D eigenvalue weighted by atomic mass is 9.67. The monoisotopic (exact) mass is 855 g/mol. The van der Waals surface area contributed by atoms with Crippen LogP contribution in [0.25, 0.3) is 90.3 Å². The lowest BCUT2D eigenvalue weighted by molar-refractivity contribution is 0.768. The number of hydrogen-bond donors (Lipinski definition) is 0. The van der Waals surface area contributed by atoms with Crippen LogP contribution >= 0.6 is 0 Å². The molecule has 314 valence electrons. The van der Waals surface area contributed by atoms with E-state index >= 15 is 0 Å². The van der Waals surface area contributed by atoms with Crippen LogP contribution in [0.15, 0.2) is 249 Å². The minimum Gasteiger partial charge on any atom is -0.228 e. The summed E-state index contributed by atoms with van der Waals surface area (Å²) in [5, 5.41) is 0. The molecular weight excluding hydrogens is 815 g/mol. The molecule has 0 N–H and O–H groups in total. The van der Waals surface area contributed by atoms with Crippen LogP contribution in [0.4, 0.5) is 0 Å². The smallest absolute Gasteiger partial charge is 0.164 e. The molecule has 0 unspecified atom stereocenters. The van der Waals surface area contributed by atoms with Gasteiger partial charge in [0.2, 0.25) is 0 Å². The Bertz CT molecular complexity index is 3460. The van der Waals surface area contributed by atoms with Crippen LogP contribution in [0.1, 0.15) is 22.3 Å². The molecule has 1 aliphatic rings. The Morgan fingerprint density at radius 2 is 0.597 bits per heavy atom. The second-order valence-corrected chi connectivity index (χ2v) is 16.8. The van der Waals surface area contributed by atoms with Crippen LogP contribution in [-0.4, -0.2) is 24.9 Å². The highest BCUT2D eigenvalue weighted by Gasteiger charge is 2.46. The first-order chi connectivity index (χ1) is 33.2. The largest absolute Gasteiger partial charge is 0.228 e. The van der Waals surface area contributed by atoms with Gasteiger partial charge in [-0.25, -0.2) is 24.9 Å². The Kier molecular flexibility index (Phi) is 9.99. The molecule has 0 fully saturated rings. The summed E-state index contributed by atoms with van der Waals surface area (Å²) in [6.07, 6.45) is 0. The summed E-state index contributed by atoms with van der Waals surface area (Å²) < 4.78 is 0. The number of benzene rings is 9. The Hall–Kier alpha value is -8.93. The molecule has 0 radical (unpaired) electrons. The summed E-state index contributed by atoms with van der Waals surface area (Å²) in [5.41, 5.74) is 16.4. The van der Waals surface area contributed by atoms with Crippen molar-refractivity contribution in [1.29, 1.82) is 0 Å². The van der Waals surface area contributed by atoms with E-state index in [9.17, 15) is 0 Å². The maximum Gasteiger partial charge on any atom is 0.164 e. The summed E-state index contributed by atoms with van der Waals surface area (Å²) >= 11 is 0. The predicted octanol–water partition coefficient (Wildman–Crippen LogP) is 14.7. The molecule has 5 nitrogen and oxygen atoms in total. The SMILES string of the molecule is c1ccc(-c2nc(-c3cccc(-c4cccc(-c5nc(-c6ccccc6)nc(-c6ccccc6)n5)c4)c3)cc(-c3ccc4c(c3)C(c3ccccc3)(c3ccccc3)c3ccccc3-4)n2)cc1. The normalized spacial score (nSPS) is 12.3. The number of nitrogens with zero attached hydrogens (tertiary/aromatic N) is 5. The van der Waals surface area contributed by atoms with Crippen LogP contribution in [0.2, 0.25) is 0 Å². The molecule has 0 aliphatic heterocycles. The van der Waals surface area contributed by atoms with E-state index in [-0.39, 0.29) is 0 Å². The van der Waals surface area contributed by atoms with E-state index in [4.69, 9.17) is 24.9 Å². The van der Waals surface area contributed by atoms with Crippen LogP contribution < -0.4 is 0 Å². The van der Waals surface area contributed by atoms with Crippen LogP contribution in [0.5, 0.6) is 0 Å². The second-order valence-electron chi connectivity index (χ2n) is 16.8. The molecule has 1 aliphatic carbocycles. The first-order valence-corrected chi connectivity index (χ1v) is 22.6. The zero-order chi connectivity index (χ0) is 44.6. The highest BCUT2D eigenvalue weighted by atomic mass is 15.0. The quantitative estimate of drug-likeness (QED) is 0.145. The number of hydrogen-bond acceptors (Lipinski definition) is 5. The zero-order valence-electron chi connectivity index (χ0n) is 36.4. The summed E-state index contributed by atoms with van der Waals surface area (Å²) in [4.78, 5) is 25.5. The fourth-order valence-electron chi connectivity index (χ4n) is 9.70. The zero-order valence-corrected chi connectivity index (χ0v) is 36.4. The Labute approximate surface area is 389 Å². The Morgan fingerprint density at radius 3 is 1.13 bits per heavy atom. The molecule has 0 saturated heterocycles. The van der Waals surface area contributed by atoms with Crippen molar-refractivity contribution in [3.8, 4) is 90.3 Å². The number of aromatic nitrogens is 5. The second kappa shape index (κ2) is 16.9. The number of fused-ring (bicyclic) bond motifs is 3. The van der Waals surface area contributed by atoms with Gasteiger partial charge < -0.3 is 0 Å². The Balaban J connectivity index is 0.980. The van der Waals surface area contributed by atoms with Crippen molar-refractivity contribution in [3.63, 3.8) is 0 Å². The third kappa shape index (κ3) is 7.20. The molecule has 5 heteroatoms. The van der Waals surface area contributed by atoms with E-state index < -0.39 is 5.41 Å². The van der Waals surface area contributed by atoms with E-state index in [0.29, 0.717) is 23.3 Å². The lowest BCUT2D eigenvalue weighted by Gasteiger charge is -2.34. The Morgan fingerprint density at radius 1 is 0.224 bits per heavy atom. The first kappa shape index (κ1) is 39.6. The molecule has 2 heterocycles. The molecule has 12 rings (SSSR count). The average molecular weight is 856 g/mol. The predicted molar refractivity (Wildman–Crippen MR) is 271 cm³/mol. The summed E-state index contributed by atoms with van der Waals surface area (Å²) in [5.74, 6) is 2.54. The first-order valence-electron chi connectivity index (χ1n) is 22.6. The van der Waals surface area contributed by atoms with Gasteiger partial charge in [0.25, 0.3) is 0 Å². The van der Waals surface area contributed by atoms with Crippen molar-refractivity contribution in [1.82, 2.24) is 24.9 Å². The van der Waals surface area contributed by atoms with E-state index in [1.54, 1.807) is 0 Å². The van der Waals surface area contributed by atoms with Crippen LogP contribution in [0.3, 0.4) is 0 Å². The fourth-order valence-corrected chi connectivity index (χ4v) is 9.70. The van der Waals surface area contributed by atoms with Gasteiger partial charge in [0.1, 0.15) is 0 Å². The minimum atomic E-state index is -0.529. The molecule has 11 aromatic rings. The van der Waals surface area contributed by atoms with Crippen molar-refractivity contribution >= 4 is 0 Å². The molecule has 9 aromatic carbocycles. The topological polar surface area (TPSA) is 64.5 Å². The summed E-state index contributed by atoms with van der Waals surface area (Å²) in [6, 6.07) is 87.1. The van der Waals surface area contributed by atoms with Crippen molar-refractivity contribution in [3.05, 3.63) is 271 Å². The van der Waals surface area contributed by atoms with Gasteiger partial charge >= 0.3 is 0 Å². The molecule has 0 saturated carbocycles. The molecule has 0 atom stereocenters. The lowest BCUT2D eigenvalue weighted by Crippen LogP contribution is -2.28. The van der Waals surface area contributed by atoms with Crippen LogP contribution in [0, 0.1) is 0 Å². The van der Waals surface area contributed by atoms with Crippen molar-refractivity contribution in [2.75, 3.05) is 0 Å². The third-order valence-electron chi connectivity index (χ3n) is 12.8. The highest BCUT2D eigenvalue weighted by Crippen LogP contribution is 2.56. The van der Waals surface area contributed by atoms with Gasteiger partial charge in [-0.3, -0.25) is 0 Å². The third-order valence-corrected chi connectivity index (χ3v) is 12.8. The van der Waals surface area contributed by atoms with Crippen molar-refractivity contribution in [2.45, 2.75) is 5.41 Å². The van der Waals surface area contributed by atoms with Gasteiger partial charge in [-0.1, -0.05) is 224 Å². The van der Waals surface area contributed by atoms with Gasteiger partial charge in [0, 0.05) is 33.4 Å². The van der Waals surface area contributed by atoms with Crippen LogP contribution in [-0.2, 0) is 5.41 Å². The van der Waals surface area contributed by atoms with E-state index in [1.807, 2.05) is 78.9 Å². The van der Waals surface area contributed by atoms with Crippen molar-refractivity contribution in [2.24, 2.45) is 0 Å². The van der Waals surface area contributed by atoms with Gasteiger partial charge in [0.05, 0.1) is 16.8 Å². The molecule has 0 amide bonds. The molecule has 0 spiro atoms. The number of rotatable bonds is 9. The van der Waals surface area contributed by atoms with E-state index in [2.05, 4.69) is 170 Å². The molecule has 2 aromatic heterocycles. The molecule has 67 heavy (non-hydrogen) atoms. The van der Waals surface area contributed by atoms with Crippen molar-refractivity contribution < 1.29 is 0 Å². The maximum atomic E-state index is 5.32. The molecule has 0 bridgehead atoms. The van der Waals surface area contributed by atoms with E-state index in [0.717, 1.165) is 55.9 Å². The summed E-state index contributed by atoms with van der Waals surface area (Å²) in [6.45, 7) is 0. The maximum absolute atomic E-state index is 5.32. The summed E-state index contributed by atoms with van der Waals surface area (Å²) in [7, 11) is 0. The standard InChI is InChI=1S/C62H41N5/c1-6-20-42(21-7-1)58-63-56(41-57(64-58)48-36-37-53-52-34-16-17-35-54(52)62(55(53)40-48,50-30-12-4-13-31-50)51-32-14-5-15-33-51)47-28-18-26-45(38-47)46-27-19-29-49(39-46)61-66-59(43-22-8-2-9-23-43)65-60(67-61)44-24-10-3-11-25-44/h1-41H. The van der Waals surface area contributed by atoms with Gasteiger partial charge in [0.15, 0.2) is 23.3 Å². The molecular formula is C62H41N5. The van der Waals surface area contributed by atoms with E-state index in [1.165, 1.54) is 33.4 Å². The van der Waals surface area contributed by atoms with Gasteiger partial charge in [-0.2, -0.15) is 0 Å². The van der Waals surface area contributed by atoms with Gasteiger partial charge in [-0.15, -0.1) is 0 Å². The van der Waals surface area contributed by atoms with Gasteiger partial charge in [-0.05, 0) is 68.8 Å². The minimum absolute atomic E-state index is 0.529.